The molecule has 3 rings (SSSR count). The largest absolute Gasteiger partial charge is 0.388 e. The fourth-order valence-corrected chi connectivity index (χ4v) is 3.14. The van der Waals surface area contributed by atoms with E-state index in [0.717, 1.165) is 5.56 Å². The highest BCUT2D eigenvalue weighted by Crippen LogP contribution is 2.28. The lowest BCUT2D eigenvalue weighted by Gasteiger charge is -2.39. The quantitative estimate of drug-likeness (QED) is 0.927. The molecule has 2 aromatic carbocycles. The van der Waals surface area contributed by atoms with Gasteiger partial charge in [-0.2, -0.15) is 0 Å². The number of amides is 1. The molecule has 3 atom stereocenters. The number of morpholine rings is 1. The van der Waals surface area contributed by atoms with Crippen molar-refractivity contribution in [3.8, 4) is 0 Å². The van der Waals surface area contributed by atoms with Gasteiger partial charge in [0.05, 0.1) is 31.3 Å². The van der Waals surface area contributed by atoms with Gasteiger partial charge in [0.1, 0.15) is 5.82 Å². The summed E-state index contributed by atoms with van der Waals surface area (Å²) in [6, 6.07) is 15.3. The number of halogens is 1. The maximum Gasteiger partial charge on any atom is 0.226 e. The Balaban J connectivity index is 1.75. The minimum absolute atomic E-state index is 0.0600. The third-order valence-corrected chi connectivity index (χ3v) is 4.47. The van der Waals surface area contributed by atoms with Crippen molar-refractivity contribution in [2.45, 2.75) is 31.6 Å². The van der Waals surface area contributed by atoms with Crippen LogP contribution in [0.3, 0.4) is 0 Å². The van der Waals surface area contributed by atoms with E-state index in [1.807, 2.05) is 37.3 Å². The summed E-state index contributed by atoms with van der Waals surface area (Å²) in [6.07, 6.45) is -1.17. The molecule has 1 heterocycles. The highest BCUT2D eigenvalue weighted by molar-refractivity contribution is 5.77. The molecule has 0 aliphatic carbocycles. The van der Waals surface area contributed by atoms with Gasteiger partial charge in [-0.3, -0.25) is 4.79 Å². The Morgan fingerprint density at radius 3 is 2.76 bits per heavy atom. The summed E-state index contributed by atoms with van der Waals surface area (Å²) in [5.74, 6) is -0.591. The molecule has 1 saturated heterocycles. The summed E-state index contributed by atoms with van der Waals surface area (Å²) in [7, 11) is 0. The number of benzene rings is 2. The van der Waals surface area contributed by atoms with Crippen LogP contribution in [0.4, 0.5) is 4.39 Å². The van der Waals surface area contributed by atoms with Gasteiger partial charge in [0.2, 0.25) is 5.91 Å². The molecule has 0 saturated carbocycles. The van der Waals surface area contributed by atoms with Crippen LogP contribution in [-0.2, 0) is 9.53 Å². The van der Waals surface area contributed by atoms with E-state index in [0.29, 0.717) is 18.7 Å². The summed E-state index contributed by atoms with van der Waals surface area (Å²) in [4.78, 5) is 14.6. The number of hydrogen-bond donors (Lipinski definition) is 1. The molecule has 1 aliphatic heterocycles. The number of rotatable bonds is 4. The van der Waals surface area contributed by atoms with Crippen LogP contribution in [0.5, 0.6) is 0 Å². The van der Waals surface area contributed by atoms with Crippen molar-refractivity contribution in [1.29, 1.82) is 0 Å². The van der Waals surface area contributed by atoms with Crippen molar-refractivity contribution in [3.05, 3.63) is 71.5 Å². The molecule has 1 amide bonds. The second-order valence-corrected chi connectivity index (χ2v) is 6.39. The van der Waals surface area contributed by atoms with Gasteiger partial charge in [0.25, 0.3) is 0 Å². The Morgan fingerprint density at radius 1 is 1.28 bits per heavy atom. The van der Waals surface area contributed by atoms with Crippen molar-refractivity contribution in [1.82, 2.24) is 4.90 Å². The molecule has 5 heteroatoms. The van der Waals surface area contributed by atoms with E-state index in [4.69, 9.17) is 4.74 Å². The molecule has 0 bridgehead atoms. The third-order valence-electron chi connectivity index (χ3n) is 4.47. The zero-order valence-corrected chi connectivity index (χ0v) is 14.1. The number of aliphatic hydroxyl groups is 1. The molecule has 0 spiro atoms. The number of carbonyl (C=O) groups excluding carboxylic acids is 1. The fourth-order valence-electron chi connectivity index (χ4n) is 3.14. The predicted octanol–water partition coefficient (Wildman–Crippen LogP) is 3.24. The Bertz CT molecular complexity index is 722. The van der Waals surface area contributed by atoms with Crippen LogP contribution < -0.4 is 0 Å². The molecule has 4 nitrogen and oxygen atoms in total. The molecule has 25 heavy (non-hydrogen) atoms. The van der Waals surface area contributed by atoms with E-state index in [-0.39, 0.29) is 24.5 Å². The second kappa shape index (κ2) is 7.76. The Labute approximate surface area is 146 Å². The van der Waals surface area contributed by atoms with Crippen molar-refractivity contribution in [2.24, 2.45) is 0 Å². The molecular weight excluding hydrogens is 321 g/mol. The smallest absolute Gasteiger partial charge is 0.226 e. The zero-order valence-electron chi connectivity index (χ0n) is 14.1. The molecular formula is C20H22FNO3. The second-order valence-electron chi connectivity index (χ2n) is 6.39. The Hall–Kier alpha value is -2.24. The van der Waals surface area contributed by atoms with Crippen molar-refractivity contribution >= 4 is 5.91 Å². The van der Waals surface area contributed by atoms with E-state index in [2.05, 4.69) is 0 Å². The normalized spacial score (nSPS) is 21.8. The van der Waals surface area contributed by atoms with E-state index < -0.39 is 11.9 Å². The average molecular weight is 343 g/mol. The first kappa shape index (κ1) is 17.6. The van der Waals surface area contributed by atoms with Gasteiger partial charge in [-0.1, -0.05) is 42.5 Å². The number of carbonyl (C=O) groups is 1. The topological polar surface area (TPSA) is 49.8 Å². The lowest BCUT2D eigenvalue weighted by molar-refractivity contribution is -0.146. The van der Waals surface area contributed by atoms with E-state index in [1.54, 1.807) is 11.0 Å². The molecule has 1 N–H and O–H groups in total. The van der Waals surface area contributed by atoms with E-state index >= 15 is 0 Å². The van der Waals surface area contributed by atoms with Crippen LogP contribution in [0.25, 0.3) is 0 Å². The highest BCUT2D eigenvalue weighted by atomic mass is 19.1. The lowest BCUT2D eigenvalue weighted by atomic mass is 10.0. The molecule has 3 unspecified atom stereocenters. The zero-order chi connectivity index (χ0) is 17.8. The Kier molecular flexibility index (Phi) is 5.46. The van der Waals surface area contributed by atoms with Gasteiger partial charge in [0.15, 0.2) is 0 Å². The van der Waals surface area contributed by atoms with Crippen LogP contribution in [0.1, 0.15) is 36.6 Å². The van der Waals surface area contributed by atoms with Gasteiger partial charge in [0, 0.05) is 6.54 Å². The summed E-state index contributed by atoms with van der Waals surface area (Å²) in [6.45, 7) is 2.81. The first-order valence-corrected chi connectivity index (χ1v) is 8.44. The maximum atomic E-state index is 13.3. The minimum Gasteiger partial charge on any atom is -0.388 e. The molecule has 132 valence electrons. The summed E-state index contributed by atoms with van der Waals surface area (Å²) >= 11 is 0. The number of hydrogen-bond acceptors (Lipinski definition) is 3. The van der Waals surface area contributed by atoms with Crippen molar-refractivity contribution in [3.63, 3.8) is 0 Å². The molecule has 0 radical (unpaired) electrons. The fraction of sp³-hybridized carbons (Fsp3) is 0.350. The Morgan fingerprint density at radius 2 is 2.04 bits per heavy atom. The highest BCUT2D eigenvalue weighted by Gasteiger charge is 2.32. The first-order chi connectivity index (χ1) is 12.0. The third kappa shape index (κ3) is 4.24. The maximum absolute atomic E-state index is 13.3. The molecule has 1 fully saturated rings. The number of nitrogens with zero attached hydrogens (tertiary/aromatic N) is 1. The van der Waals surface area contributed by atoms with Gasteiger partial charge in [-0.25, -0.2) is 4.39 Å². The first-order valence-electron chi connectivity index (χ1n) is 8.44. The van der Waals surface area contributed by atoms with E-state index in [1.165, 1.54) is 18.2 Å². The molecule has 2 aromatic rings. The van der Waals surface area contributed by atoms with Gasteiger partial charge < -0.3 is 14.7 Å². The number of ether oxygens (including phenoxy) is 1. The van der Waals surface area contributed by atoms with Gasteiger partial charge in [-0.15, -0.1) is 0 Å². The predicted molar refractivity (Wildman–Crippen MR) is 92.3 cm³/mol. The standard InChI is InChI=1S/C20H22FNO3/c1-14-12-22(18(13-25-14)15-6-3-2-4-7-15)20(24)11-19(23)16-8-5-9-17(21)10-16/h2-10,14,18-19,23H,11-13H2,1H3. The molecule has 1 aliphatic rings. The summed E-state index contributed by atoms with van der Waals surface area (Å²) < 4.78 is 19.1. The van der Waals surface area contributed by atoms with Crippen molar-refractivity contribution < 1.29 is 19.0 Å². The van der Waals surface area contributed by atoms with Crippen LogP contribution in [0.15, 0.2) is 54.6 Å². The SMILES string of the molecule is CC1CN(C(=O)CC(O)c2cccc(F)c2)C(c2ccccc2)CO1. The summed E-state index contributed by atoms with van der Waals surface area (Å²) in [5, 5.41) is 10.3. The van der Waals surface area contributed by atoms with Gasteiger partial charge >= 0.3 is 0 Å². The summed E-state index contributed by atoms with van der Waals surface area (Å²) in [5.41, 5.74) is 1.41. The molecule has 0 aromatic heterocycles. The van der Waals surface area contributed by atoms with Crippen LogP contribution in [-0.4, -0.2) is 35.2 Å². The van der Waals surface area contributed by atoms with Crippen LogP contribution in [0.2, 0.25) is 0 Å². The number of aliphatic hydroxyl groups excluding tert-OH is 1. The monoisotopic (exact) mass is 343 g/mol. The average Bonchev–Trinajstić information content (AvgIpc) is 2.62. The minimum atomic E-state index is -1.03. The lowest BCUT2D eigenvalue weighted by Crippen LogP contribution is -2.47. The van der Waals surface area contributed by atoms with E-state index in [9.17, 15) is 14.3 Å². The van der Waals surface area contributed by atoms with Crippen LogP contribution in [0, 0.1) is 5.82 Å². The van der Waals surface area contributed by atoms with Crippen LogP contribution >= 0.6 is 0 Å². The van der Waals surface area contributed by atoms with Crippen molar-refractivity contribution in [2.75, 3.05) is 13.2 Å². The van der Waals surface area contributed by atoms with Gasteiger partial charge in [-0.05, 0) is 30.2 Å².